The van der Waals surface area contributed by atoms with Crippen molar-refractivity contribution in [3.8, 4) is 5.75 Å². The second-order valence-corrected chi connectivity index (χ2v) is 6.44. The summed E-state index contributed by atoms with van der Waals surface area (Å²) in [4.78, 5) is 14.0. The standard InChI is InChI=1S/C17H25NO2/c1-5-20-16-7-6-14(13(2)19)10-15(16)11-18-9-8-17(3,4)12-18/h6-7,10H,5,8-9,11-12H2,1-4H3. The van der Waals surface area contributed by atoms with Gasteiger partial charge >= 0.3 is 0 Å². The summed E-state index contributed by atoms with van der Waals surface area (Å²) in [6.45, 7) is 11.9. The highest BCUT2D eigenvalue weighted by atomic mass is 16.5. The van der Waals surface area contributed by atoms with E-state index in [1.807, 2.05) is 25.1 Å². The highest BCUT2D eigenvalue weighted by Crippen LogP contribution is 2.31. The van der Waals surface area contributed by atoms with Crippen molar-refractivity contribution < 1.29 is 9.53 Å². The van der Waals surface area contributed by atoms with E-state index >= 15 is 0 Å². The predicted molar refractivity (Wildman–Crippen MR) is 81.3 cm³/mol. The van der Waals surface area contributed by atoms with Crippen LogP contribution in [-0.4, -0.2) is 30.4 Å². The van der Waals surface area contributed by atoms with Crippen molar-refractivity contribution in [1.82, 2.24) is 4.90 Å². The Labute approximate surface area is 121 Å². The average Bonchev–Trinajstić information content (AvgIpc) is 2.71. The zero-order chi connectivity index (χ0) is 14.8. The van der Waals surface area contributed by atoms with Crippen molar-refractivity contribution >= 4 is 5.78 Å². The molecule has 0 spiro atoms. The van der Waals surface area contributed by atoms with E-state index in [1.54, 1.807) is 6.92 Å². The van der Waals surface area contributed by atoms with E-state index in [0.717, 1.165) is 36.5 Å². The van der Waals surface area contributed by atoms with Gasteiger partial charge in [0.25, 0.3) is 0 Å². The lowest BCUT2D eigenvalue weighted by Crippen LogP contribution is -2.23. The minimum atomic E-state index is 0.107. The normalized spacial score (nSPS) is 18.2. The largest absolute Gasteiger partial charge is 0.494 e. The molecule has 1 fully saturated rings. The number of hydrogen-bond donors (Lipinski definition) is 0. The molecule has 0 aromatic heterocycles. The van der Waals surface area contributed by atoms with Crippen LogP contribution in [0.1, 0.15) is 50.0 Å². The van der Waals surface area contributed by atoms with Crippen molar-refractivity contribution in [3.63, 3.8) is 0 Å². The summed E-state index contributed by atoms with van der Waals surface area (Å²) in [6.07, 6.45) is 1.23. The van der Waals surface area contributed by atoms with Crippen LogP contribution in [0.15, 0.2) is 18.2 Å². The Bertz CT molecular complexity index is 494. The van der Waals surface area contributed by atoms with Crippen LogP contribution >= 0.6 is 0 Å². The first kappa shape index (κ1) is 15.0. The predicted octanol–water partition coefficient (Wildman–Crippen LogP) is 3.52. The number of ether oxygens (including phenoxy) is 1. The van der Waals surface area contributed by atoms with E-state index in [-0.39, 0.29) is 5.78 Å². The summed E-state index contributed by atoms with van der Waals surface area (Å²) >= 11 is 0. The molecule has 1 aliphatic heterocycles. The molecule has 1 aromatic carbocycles. The van der Waals surface area contributed by atoms with Crippen LogP contribution in [0.25, 0.3) is 0 Å². The zero-order valence-electron chi connectivity index (χ0n) is 13.0. The van der Waals surface area contributed by atoms with Crippen LogP contribution in [0.5, 0.6) is 5.75 Å². The van der Waals surface area contributed by atoms with Crippen molar-refractivity contribution in [1.29, 1.82) is 0 Å². The third-order valence-corrected chi connectivity index (χ3v) is 3.92. The van der Waals surface area contributed by atoms with Crippen LogP contribution in [0.2, 0.25) is 0 Å². The molecule has 110 valence electrons. The Balaban J connectivity index is 2.19. The van der Waals surface area contributed by atoms with Gasteiger partial charge in [-0.15, -0.1) is 0 Å². The van der Waals surface area contributed by atoms with Gasteiger partial charge in [-0.3, -0.25) is 9.69 Å². The quantitative estimate of drug-likeness (QED) is 0.770. The lowest BCUT2D eigenvalue weighted by molar-refractivity contribution is 0.101. The highest BCUT2D eigenvalue weighted by molar-refractivity contribution is 5.94. The molecule has 0 bridgehead atoms. The second kappa shape index (κ2) is 5.96. The average molecular weight is 275 g/mol. The number of Topliss-reactive ketones (excluding diaryl/α,β-unsaturated/α-hetero) is 1. The Morgan fingerprint density at radius 3 is 2.70 bits per heavy atom. The third-order valence-electron chi connectivity index (χ3n) is 3.92. The summed E-state index contributed by atoms with van der Waals surface area (Å²) in [5.41, 5.74) is 2.28. The molecule has 20 heavy (non-hydrogen) atoms. The van der Waals surface area contributed by atoms with Crippen LogP contribution < -0.4 is 4.74 Å². The Morgan fingerprint density at radius 1 is 1.40 bits per heavy atom. The zero-order valence-corrected chi connectivity index (χ0v) is 13.0. The number of carbonyl (C=O) groups excluding carboxylic acids is 1. The second-order valence-electron chi connectivity index (χ2n) is 6.44. The Morgan fingerprint density at radius 2 is 2.15 bits per heavy atom. The topological polar surface area (TPSA) is 29.5 Å². The molecule has 0 atom stereocenters. The number of ketones is 1. The number of rotatable bonds is 5. The molecule has 0 N–H and O–H groups in total. The van der Waals surface area contributed by atoms with Gasteiger partial charge in [0.05, 0.1) is 6.61 Å². The van der Waals surface area contributed by atoms with Crippen molar-refractivity contribution in [2.45, 2.75) is 40.7 Å². The summed E-state index contributed by atoms with van der Waals surface area (Å²) in [7, 11) is 0. The van der Waals surface area contributed by atoms with Gasteiger partial charge in [-0.25, -0.2) is 0 Å². The maximum Gasteiger partial charge on any atom is 0.159 e. The van der Waals surface area contributed by atoms with Gasteiger partial charge < -0.3 is 4.74 Å². The number of nitrogens with zero attached hydrogens (tertiary/aromatic N) is 1. The van der Waals surface area contributed by atoms with Crippen LogP contribution in [-0.2, 0) is 6.54 Å². The molecule has 0 aliphatic carbocycles. The Hall–Kier alpha value is -1.35. The van der Waals surface area contributed by atoms with Crippen molar-refractivity contribution in [3.05, 3.63) is 29.3 Å². The molecule has 3 heteroatoms. The lowest BCUT2D eigenvalue weighted by Gasteiger charge is -2.21. The van der Waals surface area contributed by atoms with Gasteiger partial charge in [-0.05, 0) is 50.4 Å². The minimum absolute atomic E-state index is 0.107. The van der Waals surface area contributed by atoms with E-state index in [2.05, 4.69) is 18.7 Å². The minimum Gasteiger partial charge on any atom is -0.494 e. The fourth-order valence-electron chi connectivity index (χ4n) is 2.82. The first-order chi connectivity index (χ1) is 9.41. The number of carbonyl (C=O) groups is 1. The molecule has 1 saturated heterocycles. The van der Waals surface area contributed by atoms with Gasteiger partial charge in [-0.2, -0.15) is 0 Å². The fourth-order valence-corrected chi connectivity index (χ4v) is 2.82. The van der Waals surface area contributed by atoms with Crippen LogP contribution in [0, 0.1) is 5.41 Å². The summed E-state index contributed by atoms with van der Waals surface area (Å²) < 4.78 is 5.70. The first-order valence-electron chi connectivity index (χ1n) is 7.40. The summed E-state index contributed by atoms with van der Waals surface area (Å²) in [6, 6.07) is 5.76. The lowest BCUT2D eigenvalue weighted by atomic mass is 9.93. The van der Waals surface area contributed by atoms with Gasteiger partial charge in [0.2, 0.25) is 0 Å². The summed E-state index contributed by atoms with van der Waals surface area (Å²) in [5.74, 6) is 1.01. The monoisotopic (exact) mass is 275 g/mol. The molecule has 1 heterocycles. The van der Waals surface area contributed by atoms with Gasteiger partial charge in [-0.1, -0.05) is 13.8 Å². The van der Waals surface area contributed by atoms with Gasteiger partial charge in [0.15, 0.2) is 5.78 Å². The molecule has 1 aromatic rings. The van der Waals surface area contributed by atoms with Crippen molar-refractivity contribution in [2.75, 3.05) is 19.7 Å². The number of hydrogen-bond acceptors (Lipinski definition) is 3. The first-order valence-corrected chi connectivity index (χ1v) is 7.40. The Kier molecular flexibility index (Phi) is 4.48. The van der Waals surface area contributed by atoms with E-state index in [9.17, 15) is 4.79 Å². The van der Waals surface area contributed by atoms with E-state index < -0.39 is 0 Å². The van der Waals surface area contributed by atoms with Crippen molar-refractivity contribution in [2.24, 2.45) is 5.41 Å². The molecule has 0 saturated carbocycles. The third kappa shape index (κ3) is 3.60. The molecule has 0 unspecified atom stereocenters. The molecule has 3 nitrogen and oxygen atoms in total. The smallest absolute Gasteiger partial charge is 0.159 e. The molecule has 0 radical (unpaired) electrons. The fraction of sp³-hybridized carbons (Fsp3) is 0.588. The van der Waals surface area contributed by atoms with Crippen LogP contribution in [0.3, 0.4) is 0 Å². The SMILES string of the molecule is CCOc1ccc(C(C)=O)cc1CN1CCC(C)(C)C1. The molecule has 0 amide bonds. The van der Waals surface area contributed by atoms with Crippen LogP contribution in [0.4, 0.5) is 0 Å². The maximum absolute atomic E-state index is 11.6. The highest BCUT2D eigenvalue weighted by Gasteiger charge is 2.29. The molecular weight excluding hydrogens is 250 g/mol. The van der Waals surface area contributed by atoms with E-state index in [1.165, 1.54) is 6.42 Å². The van der Waals surface area contributed by atoms with E-state index in [0.29, 0.717) is 12.0 Å². The number of benzene rings is 1. The van der Waals surface area contributed by atoms with Gasteiger partial charge in [0.1, 0.15) is 5.75 Å². The van der Waals surface area contributed by atoms with E-state index in [4.69, 9.17) is 4.74 Å². The van der Waals surface area contributed by atoms with Gasteiger partial charge in [0, 0.05) is 24.2 Å². The number of likely N-dealkylation sites (tertiary alicyclic amines) is 1. The summed E-state index contributed by atoms with van der Waals surface area (Å²) in [5, 5.41) is 0. The molecular formula is C17H25NO2. The maximum atomic E-state index is 11.6. The molecule has 1 aliphatic rings. The molecule has 2 rings (SSSR count).